The van der Waals surface area contributed by atoms with Crippen LogP contribution in [0.15, 0.2) is 4.42 Å². The predicted octanol–water partition coefficient (Wildman–Crippen LogP) is 2.04. The molecule has 1 fully saturated rings. The minimum absolute atomic E-state index is 0.182. The first-order valence-corrected chi connectivity index (χ1v) is 5.83. The third-order valence-electron chi connectivity index (χ3n) is 2.99. The number of aliphatic hydroxyl groups excluding tert-OH is 1. The molecule has 1 N–H and O–H groups in total. The van der Waals surface area contributed by atoms with Crippen LogP contribution >= 0.6 is 0 Å². The number of hydrogen-bond donors (Lipinski definition) is 1. The Morgan fingerprint density at radius 3 is 2.73 bits per heavy atom. The molecule has 0 bridgehead atoms. The monoisotopic (exact) mass is 210 g/mol. The third-order valence-corrected chi connectivity index (χ3v) is 2.99. The van der Waals surface area contributed by atoms with Crippen LogP contribution in [0.3, 0.4) is 0 Å². The molecule has 0 atom stereocenters. The summed E-state index contributed by atoms with van der Waals surface area (Å²) < 4.78 is 5.59. The summed E-state index contributed by atoms with van der Waals surface area (Å²) >= 11 is 0. The normalized spacial score (nSPS) is 18.2. The van der Waals surface area contributed by atoms with E-state index in [1.54, 1.807) is 0 Å². The number of aliphatic hydroxyl groups is 1. The minimum Gasteiger partial charge on any atom is -0.425 e. The zero-order chi connectivity index (χ0) is 10.5. The largest absolute Gasteiger partial charge is 0.425 e. The van der Waals surface area contributed by atoms with Crippen molar-refractivity contribution < 1.29 is 9.52 Å². The molecule has 0 amide bonds. The molecule has 1 saturated carbocycles. The van der Waals surface area contributed by atoms with Gasteiger partial charge in [0.15, 0.2) is 0 Å². The molecule has 1 heterocycles. The van der Waals surface area contributed by atoms with Gasteiger partial charge in [-0.05, 0) is 19.3 Å². The SMILES string of the molecule is OCCCc1nnc(C2CCCCC2)o1. The van der Waals surface area contributed by atoms with Gasteiger partial charge in [0.2, 0.25) is 11.8 Å². The lowest BCUT2D eigenvalue weighted by Gasteiger charge is -2.17. The van der Waals surface area contributed by atoms with Crippen LogP contribution in [0.1, 0.15) is 56.2 Å². The van der Waals surface area contributed by atoms with Gasteiger partial charge >= 0.3 is 0 Å². The van der Waals surface area contributed by atoms with Crippen molar-refractivity contribution in [1.82, 2.24) is 10.2 Å². The number of rotatable bonds is 4. The molecule has 4 heteroatoms. The van der Waals surface area contributed by atoms with E-state index in [0.717, 1.165) is 5.89 Å². The van der Waals surface area contributed by atoms with E-state index >= 15 is 0 Å². The third kappa shape index (κ3) is 2.78. The molecule has 1 aromatic rings. The van der Waals surface area contributed by atoms with Gasteiger partial charge in [-0.2, -0.15) is 0 Å². The molecule has 0 radical (unpaired) electrons. The summed E-state index contributed by atoms with van der Waals surface area (Å²) in [5.74, 6) is 1.96. The number of aromatic nitrogens is 2. The molecule has 0 aliphatic heterocycles. The van der Waals surface area contributed by atoms with Crippen molar-refractivity contribution in [2.45, 2.75) is 50.9 Å². The fourth-order valence-electron chi connectivity index (χ4n) is 2.11. The van der Waals surface area contributed by atoms with Gasteiger partial charge in [-0.1, -0.05) is 19.3 Å². The molecule has 2 rings (SSSR count). The summed E-state index contributed by atoms with van der Waals surface area (Å²) in [4.78, 5) is 0. The topological polar surface area (TPSA) is 59.2 Å². The highest BCUT2D eigenvalue weighted by molar-refractivity contribution is 4.93. The molecular weight excluding hydrogens is 192 g/mol. The zero-order valence-corrected chi connectivity index (χ0v) is 8.98. The number of hydrogen-bond acceptors (Lipinski definition) is 4. The molecule has 0 aromatic carbocycles. The summed E-state index contributed by atoms with van der Waals surface area (Å²) in [5, 5.41) is 16.8. The van der Waals surface area contributed by atoms with E-state index in [2.05, 4.69) is 10.2 Å². The maximum atomic E-state index is 8.69. The van der Waals surface area contributed by atoms with Crippen LogP contribution in [0.2, 0.25) is 0 Å². The first-order chi connectivity index (χ1) is 7.40. The van der Waals surface area contributed by atoms with E-state index in [9.17, 15) is 0 Å². The highest BCUT2D eigenvalue weighted by atomic mass is 16.4. The lowest BCUT2D eigenvalue weighted by Crippen LogP contribution is -2.04. The lowest BCUT2D eigenvalue weighted by atomic mass is 9.89. The molecule has 0 unspecified atom stereocenters. The van der Waals surface area contributed by atoms with E-state index in [0.29, 0.717) is 24.7 Å². The van der Waals surface area contributed by atoms with E-state index < -0.39 is 0 Å². The predicted molar refractivity (Wildman–Crippen MR) is 55.5 cm³/mol. The van der Waals surface area contributed by atoms with Crippen molar-refractivity contribution in [2.75, 3.05) is 6.61 Å². The number of aryl methyl sites for hydroxylation is 1. The van der Waals surface area contributed by atoms with Gasteiger partial charge in [0.05, 0.1) is 0 Å². The summed E-state index contributed by atoms with van der Waals surface area (Å²) in [5.41, 5.74) is 0. The van der Waals surface area contributed by atoms with Crippen molar-refractivity contribution in [2.24, 2.45) is 0 Å². The van der Waals surface area contributed by atoms with Gasteiger partial charge in [-0.3, -0.25) is 0 Å². The smallest absolute Gasteiger partial charge is 0.219 e. The van der Waals surface area contributed by atoms with Crippen LogP contribution in [-0.2, 0) is 6.42 Å². The van der Waals surface area contributed by atoms with Gasteiger partial charge in [-0.15, -0.1) is 10.2 Å². The van der Waals surface area contributed by atoms with E-state index in [1.165, 1.54) is 32.1 Å². The second-order valence-corrected chi connectivity index (χ2v) is 4.20. The molecule has 0 spiro atoms. The summed E-state index contributed by atoms with van der Waals surface area (Å²) in [6.07, 6.45) is 7.64. The van der Waals surface area contributed by atoms with Crippen LogP contribution in [-0.4, -0.2) is 21.9 Å². The van der Waals surface area contributed by atoms with Crippen LogP contribution < -0.4 is 0 Å². The van der Waals surface area contributed by atoms with Gasteiger partial charge < -0.3 is 9.52 Å². The molecule has 4 nitrogen and oxygen atoms in total. The molecular formula is C11H18N2O2. The maximum absolute atomic E-state index is 8.69. The van der Waals surface area contributed by atoms with Gasteiger partial charge in [0.25, 0.3) is 0 Å². The van der Waals surface area contributed by atoms with Crippen molar-refractivity contribution in [3.63, 3.8) is 0 Å². The van der Waals surface area contributed by atoms with Crippen molar-refractivity contribution in [3.8, 4) is 0 Å². The highest BCUT2D eigenvalue weighted by Gasteiger charge is 2.20. The highest BCUT2D eigenvalue weighted by Crippen LogP contribution is 2.31. The Bertz CT molecular complexity index is 293. The fourth-order valence-corrected chi connectivity index (χ4v) is 2.11. The van der Waals surface area contributed by atoms with Gasteiger partial charge in [0.1, 0.15) is 0 Å². The van der Waals surface area contributed by atoms with E-state index in [4.69, 9.17) is 9.52 Å². The first kappa shape index (κ1) is 10.6. The van der Waals surface area contributed by atoms with Crippen molar-refractivity contribution in [1.29, 1.82) is 0 Å². The molecule has 1 aliphatic rings. The quantitative estimate of drug-likeness (QED) is 0.826. The van der Waals surface area contributed by atoms with Gasteiger partial charge in [0, 0.05) is 18.9 Å². The molecule has 0 saturated heterocycles. The second kappa shape index (κ2) is 5.26. The van der Waals surface area contributed by atoms with E-state index in [-0.39, 0.29) is 6.61 Å². The second-order valence-electron chi connectivity index (χ2n) is 4.20. The van der Waals surface area contributed by atoms with Crippen LogP contribution in [0.5, 0.6) is 0 Å². The standard InChI is InChI=1S/C11H18N2O2/c14-8-4-7-10-12-13-11(15-10)9-5-2-1-3-6-9/h9,14H,1-8H2. The average Bonchev–Trinajstić information content (AvgIpc) is 2.76. The Hall–Kier alpha value is -0.900. The Morgan fingerprint density at radius 2 is 2.00 bits per heavy atom. The van der Waals surface area contributed by atoms with Crippen molar-refractivity contribution in [3.05, 3.63) is 11.8 Å². The fraction of sp³-hybridized carbons (Fsp3) is 0.818. The molecule has 84 valence electrons. The van der Waals surface area contributed by atoms with Crippen LogP contribution in [0.4, 0.5) is 0 Å². The summed E-state index contributed by atoms with van der Waals surface area (Å²) in [6.45, 7) is 0.182. The first-order valence-electron chi connectivity index (χ1n) is 5.83. The van der Waals surface area contributed by atoms with E-state index in [1.807, 2.05) is 0 Å². The Kier molecular flexibility index (Phi) is 3.72. The van der Waals surface area contributed by atoms with Gasteiger partial charge in [-0.25, -0.2) is 0 Å². The molecule has 1 aromatic heterocycles. The van der Waals surface area contributed by atoms with Crippen LogP contribution in [0.25, 0.3) is 0 Å². The zero-order valence-electron chi connectivity index (χ0n) is 8.98. The van der Waals surface area contributed by atoms with Crippen LogP contribution in [0, 0.1) is 0 Å². The Labute approximate surface area is 89.7 Å². The summed E-state index contributed by atoms with van der Waals surface area (Å²) in [6, 6.07) is 0. The lowest BCUT2D eigenvalue weighted by molar-refractivity contribution is 0.280. The molecule has 1 aliphatic carbocycles. The minimum atomic E-state index is 0.182. The molecule has 15 heavy (non-hydrogen) atoms. The Morgan fingerprint density at radius 1 is 1.20 bits per heavy atom. The maximum Gasteiger partial charge on any atom is 0.219 e. The number of nitrogens with zero attached hydrogens (tertiary/aromatic N) is 2. The Balaban J connectivity index is 1.93. The summed E-state index contributed by atoms with van der Waals surface area (Å²) in [7, 11) is 0. The van der Waals surface area contributed by atoms with Crippen molar-refractivity contribution >= 4 is 0 Å². The average molecular weight is 210 g/mol.